The summed E-state index contributed by atoms with van der Waals surface area (Å²) in [4.78, 5) is 44.1. The highest BCUT2D eigenvalue weighted by molar-refractivity contribution is 6.01. The number of piperazine rings is 1. The monoisotopic (exact) mass is 745 g/mol. The number of carbonyl (C=O) groups excluding carboxylic acids is 2. The van der Waals surface area contributed by atoms with Crippen LogP contribution in [0.5, 0.6) is 0 Å². The first-order chi connectivity index (χ1) is 26.9. The minimum Gasteiger partial charge on any atom is -0.354 e. The predicted molar refractivity (Wildman–Crippen MR) is 206 cm³/mol. The number of benzene rings is 2. The summed E-state index contributed by atoms with van der Waals surface area (Å²) in [5.41, 5.74) is 5.02. The van der Waals surface area contributed by atoms with Crippen LogP contribution in [0.4, 0.5) is 20.4 Å². The largest absolute Gasteiger partial charge is 0.354 e. The number of aromatic nitrogens is 4. The normalized spacial score (nSPS) is 21.8. The SMILES string of the molecule is O=C1CCC(c2ccccc2CN2CCC(N3CCN(c4cccc(-c5cnn6ccc(N7CCC[C@@H]7c7ccc(F)cc7F)nc56)n4)CC3)CC2)C(=O)N1. The van der Waals surface area contributed by atoms with Crippen LogP contribution in [0.1, 0.15) is 67.2 Å². The van der Waals surface area contributed by atoms with E-state index in [0.717, 1.165) is 113 Å². The van der Waals surface area contributed by atoms with Crippen molar-refractivity contribution >= 4 is 29.1 Å². The molecule has 2 aromatic carbocycles. The third-order valence-corrected chi connectivity index (χ3v) is 12.0. The van der Waals surface area contributed by atoms with Gasteiger partial charge in [-0.1, -0.05) is 36.4 Å². The fourth-order valence-electron chi connectivity index (χ4n) is 9.09. The molecule has 0 bridgehead atoms. The molecular weight excluding hydrogens is 701 g/mol. The van der Waals surface area contributed by atoms with Crippen molar-refractivity contribution < 1.29 is 18.4 Å². The molecule has 3 aromatic heterocycles. The second kappa shape index (κ2) is 15.1. The second-order valence-electron chi connectivity index (χ2n) is 15.2. The number of amides is 2. The van der Waals surface area contributed by atoms with E-state index in [1.807, 2.05) is 42.6 Å². The molecule has 55 heavy (non-hydrogen) atoms. The number of hydrogen-bond donors (Lipinski definition) is 1. The third-order valence-electron chi connectivity index (χ3n) is 12.0. The first kappa shape index (κ1) is 35.4. The van der Waals surface area contributed by atoms with Crippen molar-refractivity contribution in [2.45, 2.75) is 63.1 Å². The topological polar surface area (TPSA) is 102 Å². The summed E-state index contributed by atoms with van der Waals surface area (Å²) in [6.45, 7) is 7.30. The maximum Gasteiger partial charge on any atom is 0.234 e. The quantitative estimate of drug-likeness (QED) is 0.200. The number of rotatable bonds is 8. The van der Waals surface area contributed by atoms with Gasteiger partial charge in [0.05, 0.1) is 29.4 Å². The standard InChI is InChI=1S/C42H45F2N9O2/c43-29-10-11-33(35(44)25-29)37-8-4-17-52(37)39-16-20-53-41(47-39)34(26-45-53)36-7-3-9-38(46-36)51-23-21-50(22-24-51)30-14-18-49(19-15-30)27-28-5-1-2-6-31(28)32-12-13-40(54)48-42(32)55/h1-3,5-7,9-11,16,20,25-26,30,32,37H,4,8,12-15,17-19,21-24,27H2,(H,48,54,55)/t32?,37-/m1/s1. The highest BCUT2D eigenvalue weighted by Gasteiger charge is 2.33. The van der Waals surface area contributed by atoms with Crippen molar-refractivity contribution in [1.82, 2.24) is 34.7 Å². The van der Waals surface area contributed by atoms with Gasteiger partial charge in [-0.25, -0.2) is 23.3 Å². The number of nitrogens with zero attached hydrogens (tertiary/aromatic N) is 8. The summed E-state index contributed by atoms with van der Waals surface area (Å²) in [7, 11) is 0. The minimum atomic E-state index is -0.577. The fraction of sp³-hybridized carbons (Fsp3) is 0.405. The molecule has 4 aliphatic heterocycles. The van der Waals surface area contributed by atoms with Gasteiger partial charge in [-0.3, -0.25) is 24.7 Å². The lowest BCUT2D eigenvalue weighted by atomic mass is 9.87. The molecule has 9 rings (SSSR count). The van der Waals surface area contributed by atoms with Crippen LogP contribution in [0.3, 0.4) is 0 Å². The van der Waals surface area contributed by atoms with Crippen molar-refractivity contribution in [2.24, 2.45) is 0 Å². The van der Waals surface area contributed by atoms with Crippen molar-refractivity contribution in [3.63, 3.8) is 0 Å². The molecule has 4 saturated heterocycles. The van der Waals surface area contributed by atoms with E-state index in [4.69, 9.17) is 9.97 Å². The van der Waals surface area contributed by atoms with Gasteiger partial charge in [0.1, 0.15) is 23.3 Å². The first-order valence-corrected chi connectivity index (χ1v) is 19.5. The molecule has 13 heteroatoms. The number of fused-ring (bicyclic) bond motifs is 1. The summed E-state index contributed by atoms with van der Waals surface area (Å²) >= 11 is 0. The Hall–Kier alpha value is -5.27. The van der Waals surface area contributed by atoms with Crippen LogP contribution in [-0.4, -0.2) is 93.1 Å². The number of nitrogens with one attached hydrogen (secondary N) is 1. The lowest BCUT2D eigenvalue weighted by molar-refractivity contribution is -0.134. The van der Waals surface area contributed by atoms with Crippen LogP contribution >= 0.6 is 0 Å². The van der Waals surface area contributed by atoms with E-state index in [0.29, 0.717) is 30.1 Å². The number of imide groups is 1. The van der Waals surface area contributed by atoms with Crippen molar-refractivity contribution in [1.29, 1.82) is 0 Å². The maximum atomic E-state index is 14.8. The lowest BCUT2D eigenvalue weighted by Gasteiger charge is -2.43. The Kier molecular flexibility index (Phi) is 9.73. The van der Waals surface area contributed by atoms with Crippen LogP contribution in [0.15, 0.2) is 79.1 Å². The zero-order valence-electron chi connectivity index (χ0n) is 30.8. The van der Waals surface area contributed by atoms with Crippen LogP contribution in [0.2, 0.25) is 0 Å². The Labute approximate surface area is 319 Å². The smallest absolute Gasteiger partial charge is 0.234 e. The van der Waals surface area contributed by atoms with Gasteiger partial charge in [0.25, 0.3) is 0 Å². The minimum absolute atomic E-state index is 0.180. The summed E-state index contributed by atoms with van der Waals surface area (Å²) in [5, 5.41) is 7.09. The molecule has 0 saturated carbocycles. The highest BCUT2D eigenvalue weighted by atomic mass is 19.1. The Morgan fingerprint density at radius 1 is 0.782 bits per heavy atom. The molecule has 5 aromatic rings. The van der Waals surface area contributed by atoms with Crippen molar-refractivity contribution in [3.8, 4) is 11.3 Å². The average Bonchev–Trinajstić information content (AvgIpc) is 3.87. The molecule has 2 amide bonds. The molecule has 0 spiro atoms. The Morgan fingerprint density at radius 2 is 1.62 bits per heavy atom. The molecule has 1 N–H and O–H groups in total. The zero-order valence-corrected chi connectivity index (χ0v) is 30.8. The number of anilines is 2. The Balaban J connectivity index is 0.826. The van der Waals surface area contributed by atoms with Crippen LogP contribution in [0.25, 0.3) is 16.9 Å². The molecular formula is C42H45F2N9O2. The zero-order chi connectivity index (χ0) is 37.5. The summed E-state index contributed by atoms with van der Waals surface area (Å²) in [6, 6.07) is 20.3. The van der Waals surface area contributed by atoms with Gasteiger partial charge in [0.15, 0.2) is 5.65 Å². The van der Waals surface area contributed by atoms with Gasteiger partial charge < -0.3 is 9.80 Å². The van der Waals surface area contributed by atoms with Gasteiger partial charge in [0, 0.05) is 69.6 Å². The number of carbonyl (C=O) groups is 2. The van der Waals surface area contributed by atoms with Crippen LogP contribution < -0.4 is 15.1 Å². The van der Waals surface area contributed by atoms with E-state index in [1.165, 1.54) is 11.6 Å². The van der Waals surface area contributed by atoms with Gasteiger partial charge in [-0.05, 0) is 80.6 Å². The van der Waals surface area contributed by atoms with Crippen LogP contribution in [0, 0.1) is 11.6 Å². The number of halogens is 2. The van der Waals surface area contributed by atoms with E-state index in [1.54, 1.807) is 16.8 Å². The van der Waals surface area contributed by atoms with Gasteiger partial charge in [0.2, 0.25) is 11.8 Å². The molecule has 11 nitrogen and oxygen atoms in total. The molecule has 4 fully saturated rings. The van der Waals surface area contributed by atoms with Crippen LogP contribution in [-0.2, 0) is 16.1 Å². The molecule has 2 atom stereocenters. The van der Waals surface area contributed by atoms with Gasteiger partial charge >= 0.3 is 0 Å². The number of likely N-dealkylation sites (tertiary alicyclic amines) is 1. The second-order valence-corrected chi connectivity index (χ2v) is 15.2. The number of piperidine rings is 2. The lowest BCUT2D eigenvalue weighted by Crippen LogP contribution is -2.53. The third kappa shape index (κ3) is 7.18. The number of pyridine rings is 1. The molecule has 284 valence electrons. The van der Waals surface area contributed by atoms with E-state index >= 15 is 0 Å². The van der Waals surface area contributed by atoms with E-state index in [-0.39, 0.29) is 23.8 Å². The van der Waals surface area contributed by atoms with E-state index in [9.17, 15) is 18.4 Å². The molecule has 0 aliphatic carbocycles. The molecule has 7 heterocycles. The van der Waals surface area contributed by atoms with Gasteiger partial charge in [-0.15, -0.1) is 0 Å². The highest BCUT2D eigenvalue weighted by Crippen LogP contribution is 2.37. The predicted octanol–water partition coefficient (Wildman–Crippen LogP) is 5.72. The Morgan fingerprint density at radius 3 is 2.44 bits per heavy atom. The Bertz CT molecular complexity index is 2210. The average molecular weight is 746 g/mol. The molecule has 4 aliphatic rings. The van der Waals surface area contributed by atoms with Crippen molar-refractivity contribution in [2.75, 3.05) is 55.6 Å². The van der Waals surface area contributed by atoms with E-state index in [2.05, 4.69) is 42.1 Å². The molecule has 1 unspecified atom stereocenters. The summed E-state index contributed by atoms with van der Waals surface area (Å²) < 4.78 is 30.2. The first-order valence-electron chi connectivity index (χ1n) is 19.5. The van der Waals surface area contributed by atoms with Gasteiger partial charge in [-0.2, -0.15) is 5.10 Å². The summed E-state index contributed by atoms with van der Waals surface area (Å²) in [6.07, 6.45) is 8.50. The maximum absolute atomic E-state index is 14.8. The van der Waals surface area contributed by atoms with E-state index < -0.39 is 11.6 Å². The fourth-order valence-corrected chi connectivity index (χ4v) is 9.09. The molecule has 0 radical (unpaired) electrons. The summed E-state index contributed by atoms with van der Waals surface area (Å²) in [5.74, 6) is -0.0670. The number of hydrogen-bond acceptors (Lipinski definition) is 9. The van der Waals surface area contributed by atoms with Crippen molar-refractivity contribution in [3.05, 3.63) is 107 Å².